The number of carbonyl (C=O) groups is 2. The van der Waals surface area contributed by atoms with Gasteiger partial charge in [0.25, 0.3) is 5.91 Å². The summed E-state index contributed by atoms with van der Waals surface area (Å²) in [6, 6.07) is 2.82. The van der Waals surface area contributed by atoms with Crippen LogP contribution in [0.15, 0.2) is 24.3 Å². The van der Waals surface area contributed by atoms with Gasteiger partial charge < -0.3 is 10.6 Å². The molecule has 2 N–H and O–H groups in total. The number of hydrogen-bond acceptors (Lipinski definition) is 4. The van der Waals surface area contributed by atoms with E-state index in [0.29, 0.717) is 6.07 Å². The quantitative estimate of drug-likeness (QED) is 0.582. The third-order valence-corrected chi connectivity index (χ3v) is 7.65. The Morgan fingerprint density at radius 3 is 2.47 bits per heavy atom. The van der Waals surface area contributed by atoms with Crippen LogP contribution in [0.4, 0.5) is 22.0 Å². The number of halogens is 5. The van der Waals surface area contributed by atoms with Crippen LogP contribution < -0.4 is 10.6 Å². The minimum Gasteiger partial charge on any atom is -0.352 e. The zero-order valence-electron chi connectivity index (χ0n) is 17.5. The van der Waals surface area contributed by atoms with Crippen LogP contribution in [0.2, 0.25) is 0 Å². The SMILES string of the molecule is CC(C)S(=O)(=O)C[C@@H]1CC(F)(F)CC[C@@H]1NC(=O)CNC(=O)c1cccc(C(F)(F)F)c1. The van der Waals surface area contributed by atoms with E-state index in [0.717, 1.165) is 18.2 Å². The fourth-order valence-electron chi connectivity index (χ4n) is 3.44. The number of amides is 2. The predicted octanol–water partition coefficient (Wildman–Crippen LogP) is 3.18. The van der Waals surface area contributed by atoms with Crippen molar-refractivity contribution >= 4 is 21.7 Å². The molecule has 0 unspecified atom stereocenters. The van der Waals surface area contributed by atoms with Crippen LogP contribution in [0.5, 0.6) is 0 Å². The van der Waals surface area contributed by atoms with Gasteiger partial charge in [0.15, 0.2) is 9.84 Å². The largest absolute Gasteiger partial charge is 0.416 e. The highest BCUT2D eigenvalue weighted by molar-refractivity contribution is 7.91. The molecule has 0 heterocycles. The van der Waals surface area contributed by atoms with Gasteiger partial charge in [0.1, 0.15) is 0 Å². The Morgan fingerprint density at radius 2 is 1.88 bits per heavy atom. The van der Waals surface area contributed by atoms with E-state index in [1.54, 1.807) is 0 Å². The Balaban J connectivity index is 2.00. The number of alkyl halides is 5. The highest BCUT2D eigenvalue weighted by Crippen LogP contribution is 2.38. The van der Waals surface area contributed by atoms with Crippen LogP contribution in [-0.2, 0) is 20.8 Å². The highest BCUT2D eigenvalue weighted by Gasteiger charge is 2.43. The molecule has 180 valence electrons. The Hall–Kier alpha value is -2.24. The zero-order valence-corrected chi connectivity index (χ0v) is 18.3. The Morgan fingerprint density at radius 1 is 1.22 bits per heavy atom. The maximum absolute atomic E-state index is 13.9. The number of carbonyl (C=O) groups excluding carboxylic acids is 2. The summed E-state index contributed by atoms with van der Waals surface area (Å²) in [6.07, 6.45) is -5.99. The average molecular weight is 484 g/mol. The van der Waals surface area contributed by atoms with Gasteiger partial charge in [-0.3, -0.25) is 9.59 Å². The van der Waals surface area contributed by atoms with E-state index in [-0.39, 0.29) is 12.0 Å². The summed E-state index contributed by atoms with van der Waals surface area (Å²) in [4.78, 5) is 24.3. The molecule has 2 amide bonds. The lowest BCUT2D eigenvalue weighted by molar-refractivity contribution is -0.137. The molecular formula is C20H25F5N2O4S. The monoisotopic (exact) mass is 484 g/mol. The standard InChI is InChI=1S/C20H25F5N2O4S/c1-12(2)32(30,31)11-14-9-19(21,22)7-6-16(14)27-17(28)10-26-18(29)13-4-3-5-15(8-13)20(23,24)25/h3-5,8,12,14,16H,6-7,9-11H2,1-2H3,(H,26,29)(H,27,28)/t14-,16-/m0/s1. The molecule has 1 aliphatic rings. The smallest absolute Gasteiger partial charge is 0.352 e. The third kappa shape index (κ3) is 7.14. The molecule has 0 aromatic heterocycles. The third-order valence-electron chi connectivity index (χ3n) is 5.32. The van der Waals surface area contributed by atoms with Crippen molar-refractivity contribution in [2.45, 2.75) is 56.5 Å². The molecular weight excluding hydrogens is 459 g/mol. The van der Waals surface area contributed by atoms with E-state index >= 15 is 0 Å². The van der Waals surface area contributed by atoms with Crippen LogP contribution in [0.1, 0.15) is 49.0 Å². The van der Waals surface area contributed by atoms with Crippen molar-refractivity contribution in [3.63, 3.8) is 0 Å². The molecule has 0 bridgehead atoms. The summed E-state index contributed by atoms with van der Waals surface area (Å²) in [5, 5.41) is 3.90. The second-order valence-corrected chi connectivity index (χ2v) is 10.8. The summed E-state index contributed by atoms with van der Waals surface area (Å²) in [5.41, 5.74) is -1.32. The summed E-state index contributed by atoms with van der Waals surface area (Å²) in [5.74, 6) is -6.24. The number of nitrogens with one attached hydrogen (secondary N) is 2. The molecule has 32 heavy (non-hydrogen) atoms. The van der Waals surface area contributed by atoms with Crippen molar-refractivity contribution in [1.82, 2.24) is 10.6 Å². The fraction of sp³-hybridized carbons (Fsp3) is 0.600. The van der Waals surface area contributed by atoms with Gasteiger partial charge in [0, 0.05) is 24.4 Å². The first-order valence-corrected chi connectivity index (χ1v) is 11.7. The van der Waals surface area contributed by atoms with Crippen molar-refractivity contribution in [3.8, 4) is 0 Å². The number of rotatable bonds is 7. The molecule has 1 saturated carbocycles. The van der Waals surface area contributed by atoms with Crippen molar-refractivity contribution in [2.75, 3.05) is 12.3 Å². The fourth-order valence-corrected chi connectivity index (χ4v) is 4.78. The summed E-state index contributed by atoms with van der Waals surface area (Å²) in [7, 11) is -3.64. The van der Waals surface area contributed by atoms with Crippen LogP contribution in [-0.4, -0.2) is 49.7 Å². The molecule has 1 fully saturated rings. The minimum atomic E-state index is -4.64. The molecule has 12 heteroatoms. The van der Waals surface area contributed by atoms with Crippen LogP contribution in [0.25, 0.3) is 0 Å². The maximum Gasteiger partial charge on any atom is 0.416 e. The van der Waals surface area contributed by atoms with Crippen LogP contribution in [0, 0.1) is 5.92 Å². The average Bonchev–Trinajstić information content (AvgIpc) is 2.67. The van der Waals surface area contributed by atoms with E-state index < -0.39 is 81.7 Å². The Labute approximate surface area is 182 Å². The molecule has 6 nitrogen and oxygen atoms in total. The lowest BCUT2D eigenvalue weighted by Gasteiger charge is -2.36. The van der Waals surface area contributed by atoms with Crippen LogP contribution in [0.3, 0.4) is 0 Å². The molecule has 0 aliphatic heterocycles. The number of sulfone groups is 1. The Bertz CT molecular complexity index is 948. The highest BCUT2D eigenvalue weighted by atomic mass is 32.2. The van der Waals surface area contributed by atoms with Gasteiger partial charge in [0.2, 0.25) is 11.8 Å². The lowest BCUT2D eigenvalue weighted by atomic mass is 9.83. The van der Waals surface area contributed by atoms with Gasteiger partial charge >= 0.3 is 6.18 Å². The van der Waals surface area contributed by atoms with Crippen molar-refractivity contribution in [2.24, 2.45) is 5.92 Å². The first kappa shape index (κ1) is 26.0. The molecule has 1 aliphatic carbocycles. The maximum atomic E-state index is 13.9. The minimum absolute atomic E-state index is 0.140. The van der Waals surface area contributed by atoms with E-state index in [2.05, 4.69) is 10.6 Å². The summed E-state index contributed by atoms with van der Waals surface area (Å²) >= 11 is 0. The first-order chi connectivity index (χ1) is 14.6. The molecule has 1 aromatic carbocycles. The number of benzene rings is 1. The van der Waals surface area contributed by atoms with E-state index in [9.17, 15) is 40.0 Å². The summed E-state index contributed by atoms with van der Waals surface area (Å²) in [6.45, 7) is 2.27. The molecule has 0 radical (unpaired) electrons. The van der Waals surface area contributed by atoms with E-state index in [4.69, 9.17) is 0 Å². The lowest BCUT2D eigenvalue weighted by Crippen LogP contribution is -2.51. The normalized spacial score (nSPS) is 21.2. The van der Waals surface area contributed by atoms with Gasteiger partial charge in [0.05, 0.1) is 23.1 Å². The molecule has 2 rings (SSSR count). The second kappa shape index (κ2) is 9.72. The van der Waals surface area contributed by atoms with Crippen molar-refractivity contribution in [3.05, 3.63) is 35.4 Å². The second-order valence-electron chi connectivity index (χ2n) is 8.17. The van der Waals surface area contributed by atoms with E-state index in [1.165, 1.54) is 13.8 Å². The molecule has 0 saturated heterocycles. The summed E-state index contributed by atoms with van der Waals surface area (Å²) < 4.78 is 90.5. The van der Waals surface area contributed by atoms with Gasteiger partial charge in [-0.25, -0.2) is 17.2 Å². The van der Waals surface area contributed by atoms with Gasteiger partial charge in [-0.15, -0.1) is 0 Å². The topological polar surface area (TPSA) is 92.3 Å². The Kier molecular flexibility index (Phi) is 7.90. The van der Waals surface area contributed by atoms with Gasteiger partial charge in [-0.1, -0.05) is 6.07 Å². The predicted molar refractivity (Wildman–Crippen MR) is 107 cm³/mol. The van der Waals surface area contributed by atoms with Crippen molar-refractivity contribution in [1.29, 1.82) is 0 Å². The van der Waals surface area contributed by atoms with Gasteiger partial charge in [-0.05, 0) is 44.4 Å². The molecule has 0 spiro atoms. The van der Waals surface area contributed by atoms with Crippen molar-refractivity contribution < 1.29 is 40.0 Å². The van der Waals surface area contributed by atoms with E-state index in [1.807, 2.05) is 0 Å². The first-order valence-electron chi connectivity index (χ1n) is 9.95. The number of hydrogen-bond donors (Lipinski definition) is 2. The van der Waals surface area contributed by atoms with Crippen LogP contribution >= 0.6 is 0 Å². The zero-order chi connectivity index (χ0) is 24.3. The molecule has 2 atom stereocenters. The molecule has 1 aromatic rings. The van der Waals surface area contributed by atoms with Gasteiger partial charge in [-0.2, -0.15) is 13.2 Å².